The second-order valence-corrected chi connectivity index (χ2v) is 4.64. The van der Waals surface area contributed by atoms with Crippen LogP contribution in [0, 0.1) is 10.1 Å². The molecule has 0 radical (unpaired) electrons. The molecule has 0 atom stereocenters. The molecular formula is C11H7BrN2O5. The van der Waals surface area contributed by atoms with Crippen LogP contribution in [-0.2, 0) is 4.79 Å². The number of benzene rings is 1. The van der Waals surface area contributed by atoms with Crippen molar-refractivity contribution >= 4 is 44.2 Å². The number of nitro groups is 1. The van der Waals surface area contributed by atoms with Crippen LogP contribution in [0.1, 0.15) is 6.92 Å². The van der Waals surface area contributed by atoms with Crippen LogP contribution < -0.4 is 10.9 Å². The van der Waals surface area contributed by atoms with Crippen molar-refractivity contribution in [1.82, 2.24) is 0 Å². The fourth-order valence-corrected chi connectivity index (χ4v) is 2.06. The summed E-state index contributed by atoms with van der Waals surface area (Å²) < 4.78 is 5.38. The summed E-state index contributed by atoms with van der Waals surface area (Å²) in [5.41, 5.74) is -1.36. The van der Waals surface area contributed by atoms with Gasteiger partial charge in [-0.05, 0) is 12.1 Å². The van der Waals surface area contributed by atoms with E-state index in [2.05, 4.69) is 21.2 Å². The summed E-state index contributed by atoms with van der Waals surface area (Å²) in [7, 11) is 0. The molecule has 0 bridgehead atoms. The second-order valence-electron chi connectivity index (χ2n) is 3.73. The Morgan fingerprint density at radius 2 is 2.11 bits per heavy atom. The minimum Gasteiger partial charge on any atom is -0.414 e. The molecule has 1 N–H and O–H groups in total. The van der Waals surface area contributed by atoms with Gasteiger partial charge in [-0.3, -0.25) is 14.9 Å². The monoisotopic (exact) mass is 326 g/mol. The van der Waals surface area contributed by atoms with E-state index in [0.29, 0.717) is 9.86 Å². The Hall–Kier alpha value is -2.22. The molecule has 1 amide bonds. The number of hydrogen-bond acceptors (Lipinski definition) is 5. The van der Waals surface area contributed by atoms with E-state index in [1.165, 1.54) is 19.1 Å². The van der Waals surface area contributed by atoms with Crippen molar-refractivity contribution in [2.45, 2.75) is 6.92 Å². The molecule has 0 aliphatic heterocycles. The van der Waals surface area contributed by atoms with Gasteiger partial charge in [-0.2, -0.15) is 0 Å². The fraction of sp³-hybridized carbons (Fsp3) is 0.0909. The first kappa shape index (κ1) is 13.2. The lowest BCUT2D eigenvalue weighted by Crippen LogP contribution is -2.14. The van der Waals surface area contributed by atoms with Crippen molar-refractivity contribution in [1.29, 1.82) is 0 Å². The van der Waals surface area contributed by atoms with E-state index in [0.717, 1.165) is 0 Å². The number of fused-ring (bicyclic) bond motifs is 1. The van der Waals surface area contributed by atoms with Crippen molar-refractivity contribution in [2.24, 2.45) is 0 Å². The smallest absolute Gasteiger partial charge is 0.360 e. The van der Waals surface area contributed by atoms with Crippen LogP contribution in [0.2, 0.25) is 0 Å². The molecule has 0 aliphatic carbocycles. The molecule has 0 aliphatic rings. The maximum absolute atomic E-state index is 11.6. The fourth-order valence-electron chi connectivity index (χ4n) is 1.59. The van der Waals surface area contributed by atoms with Crippen molar-refractivity contribution in [3.05, 3.63) is 43.2 Å². The highest BCUT2D eigenvalue weighted by Gasteiger charge is 2.18. The van der Waals surface area contributed by atoms with Crippen LogP contribution in [0.5, 0.6) is 0 Å². The molecule has 2 rings (SSSR count). The third kappa shape index (κ3) is 2.63. The molecule has 1 heterocycles. The summed E-state index contributed by atoms with van der Waals surface area (Å²) in [6, 6.07) is 4.13. The van der Waals surface area contributed by atoms with Crippen LogP contribution in [0.25, 0.3) is 11.0 Å². The summed E-state index contributed by atoms with van der Waals surface area (Å²) in [6.07, 6.45) is 0. The van der Waals surface area contributed by atoms with Crippen molar-refractivity contribution in [3.63, 3.8) is 0 Å². The van der Waals surface area contributed by atoms with E-state index in [9.17, 15) is 19.7 Å². The predicted molar refractivity (Wildman–Crippen MR) is 71.1 cm³/mol. The first-order valence-corrected chi connectivity index (χ1v) is 5.87. The van der Waals surface area contributed by atoms with Crippen LogP contribution in [0.3, 0.4) is 0 Å². The maximum Gasteiger partial charge on any atom is 0.360 e. The number of nitro benzene ring substituents is 1. The van der Waals surface area contributed by atoms with Gasteiger partial charge in [0.05, 0.1) is 4.92 Å². The van der Waals surface area contributed by atoms with Gasteiger partial charge in [-0.15, -0.1) is 0 Å². The van der Waals surface area contributed by atoms with Gasteiger partial charge in [0.15, 0.2) is 0 Å². The number of halogens is 1. The maximum atomic E-state index is 11.6. The summed E-state index contributed by atoms with van der Waals surface area (Å²) in [5, 5.41) is 13.5. The van der Waals surface area contributed by atoms with Crippen LogP contribution in [0.15, 0.2) is 31.9 Å². The average Bonchev–Trinajstić information content (AvgIpc) is 2.29. The molecule has 0 fully saturated rings. The number of non-ortho nitro benzene ring substituents is 1. The van der Waals surface area contributed by atoms with Gasteiger partial charge < -0.3 is 9.73 Å². The number of anilines is 1. The topological polar surface area (TPSA) is 102 Å². The van der Waals surface area contributed by atoms with Crippen LogP contribution >= 0.6 is 15.9 Å². The Morgan fingerprint density at radius 3 is 2.68 bits per heavy atom. The first-order valence-electron chi connectivity index (χ1n) is 5.08. The Bertz CT molecular complexity index is 753. The predicted octanol–water partition coefficient (Wildman–Crippen LogP) is 2.42. The second kappa shape index (κ2) is 4.81. The van der Waals surface area contributed by atoms with Gasteiger partial charge in [0.1, 0.15) is 5.69 Å². The molecule has 8 heteroatoms. The molecule has 1 aromatic heterocycles. The third-order valence-electron chi connectivity index (χ3n) is 2.28. The molecule has 19 heavy (non-hydrogen) atoms. The summed E-state index contributed by atoms with van der Waals surface area (Å²) in [5.74, 6) is -0.434. The Balaban J connectivity index is 2.77. The Morgan fingerprint density at radius 1 is 1.42 bits per heavy atom. The number of nitrogens with one attached hydrogen (secondary N) is 1. The number of carbonyl (C=O) groups excluding carboxylic acids is 1. The molecule has 98 valence electrons. The minimum atomic E-state index is -0.840. The van der Waals surface area contributed by atoms with Crippen molar-refractivity contribution in [3.8, 4) is 0 Å². The minimum absolute atomic E-state index is 0.0626. The van der Waals surface area contributed by atoms with E-state index in [4.69, 9.17) is 4.42 Å². The first-order chi connectivity index (χ1) is 8.88. The van der Waals surface area contributed by atoms with Gasteiger partial charge in [0.2, 0.25) is 11.5 Å². The number of carbonyl (C=O) groups is 1. The largest absolute Gasteiger partial charge is 0.414 e. The number of nitrogens with zero attached hydrogens (tertiary/aromatic N) is 1. The van der Waals surface area contributed by atoms with E-state index in [1.807, 2.05) is 0 Å². The lowest BCUT2D eigenvalue weighted by molar-refractivity contribution is -0.383. The molecule has 0 unspecified atom stereocenters. The highest BCUT2D eigenvalue weighted by Crippen LogP contribution is 2.30. The molecule has 0 saturated heterocycles. The zero-order chi connectivity index (χ0) is 14.2. The molecule has 0 saturated carbocycles. The quantitative estimate of drug-likeness (QED) is 0.518. The average molecular weight is 327 g/mol. The SMILES string of the molecule is CC(=O)Nc1cc2cc(Br)cc([N+](=O)[O-])c2oc1=O. The zero-order valence-corrected chi connectivity index (χ0v) is 11.2. The molecule has 7 nitrogen and oxygen atoms in total. The van der Waals surface area contributed by atoms with Crippen molar-refractivity contribution in [2.75, 3.05) is 5.32 Å². The van der Waals surface area contributed by atoms with Gasteiger partial charge in [-0.1, -0.05) is 15.9 Å². The number of hydrogen-bond donors (Lipinski definition) is 1. The van der Waals surface area contributed by atoms with E-state index in [-0.39, 0.29) is 17.0 Å². The highest BCUT2D eigenvalue weighted by molar-refractivity contribution is 9.10. The van der Waals surface area contributed by atoms with E-state index in [1.54, 1.807) is 6.07 Å². The summed E-state index contributed by atoms with van der Waals surface area (Å²) >= 11 is 3.13. The van der Waals surface area contributed by atoms with Crippen LogP contribution in [-0.4, -0.2) is 10.8 Å². The van der Waals surface area contributed by atoms with Gasteiger partial charge in [0.25, 0.3) is 0 Å². The lowest BCUT2D eigenvalue weighted by atomic mass is 10.2. The molecule has 2 aromatic rings. The summed E-state index contributed by atoms with van der Waals surface area (Å²) in [6.45, 7) is 1.24. The Labute approximate surface area is 114 Å². The van der Waals surface area contributed by atoms with Crippen molar-refractivity contribution < 1.29 is 14.1 Å². The van der Waals surface area contributed by atoms with Crippen LogP contribution in [0.4, 0.5) is 11.4 Å². The summed E-state index contributed by atoms with van der Waals surface area (Å²) in [4.78, 5) is 32.8. The molecule has 0 spiro atoms. The number of rotatable bonds is 2. The number of amides is 1. The highest BCUT2D eigenvalue weighted by atomic mass is 79.9. The standard InChI is InChI=1S/C11H7BrN2O5/c1-5(15)13-8-3-6-2-7(12)4-9(14(17)18)10(6)19-11(8)16/h2-4H,1H3,(H,13,15). The van der Waals surface area contributed by atoms with Gasteiger partial charge >= 0.3 is 11.3 Å². The zero-order valence-electron chi connectivity index (χ0n) is 9.60. The van der Waals surface area contributed by atoms with Gasteiger partial charge in [0, 0.05) is 22.8 Å². The molecule has 1 aromatic carbocycles. The lowest BCUT2D eigenvalue weighted by Gasteiger charge is -2.03. The Kier molecular flexibility index (Phi) is 3.34. The van der Waals surface area contributed by atoms with Gasteiger partial charge in [-0.25, -0.2) is 4.79 Å². The van der Waals surface area contributed by atoms with E-state index >= 15 is 0 Å². The third-order valence-corrected chi connectivity index (χ3v) is 2.74. The normalized spacial score (nSPS) is 10.4. The molecular weight excluding hydrogens is 320 g/mol. The van der Waals surface area contributed by atoms with E-state index < -0.39 is 16.5 Å².